The predicted molar refractivity (Wildman–Crippen MR) is 112 cm³/mol. The van der Waals surface area contributed by atoms with Gasteiger partial charge in [-0.1, -0.05) is 48.0 Å². The molecule has 0 saturated carbocycles. The Labute approximate surface area is 174 Å². The van der Waals surface area contributed by atoms with Gasteiger partial charge in [0, 0.05) is 10.6 Å². The van der Waals surface area contributed by atoms with E-state index in [-0.39, 0.29) is 19.0 Å². The second kappa shape index (κ2) is 8.10. The number of carbonyl (C=O) groups is 2. The fourth-order valence-corrected chi connectivity index (χ4v) is 3.71. The van der Waals surface area contributed by atoms with Crippen LogP contribution >= 0.6 is 11.6 Å². The number of benzene rings is 3. The molecule has 29 heavy (non-hydrogen) atoms. The fourth-order valence-electron chi connectivity index (χ4n) is 3.48. The second-order valence-electron chi connectivity index (χ2n) is 6.99. The Morgan fingerprint density at radius 3 is 2.55 bits per heavy atom. The SMILES string of the molecule is Cc1cc(Cl)ccc1OCC(=O)OCC(=O)c1ccc2c(c1)-c1ccccc1C2. The number of esters is 1. The summed E-state index contributed by atoms with van der Waals surface area (Å²) in [5.74, 6) is -0.289. The Bertz CT molecular complexity index is 1100. The first kappa shape index (κ1) is 19.2. The third kappa shape index (κ3) is 4.17. The molecule has 0 fully saturated rings. The van der Waals surface area contributed by atoms with E-state index in [4.69, 9.17) is 21.1 Å². The third-order valence-corrected chi connectivity index (χ3v) is 5.20. The summed E-state index contributed by atoms with van der Waals surface area (Å²) in [5.41, 5.74) is 6.03. The van der Waals surface area contributed by atoms with Crippen LogP contribution in [0.3, 0.4) is 0 Å². The van der Waals surface area contributed by atoms with Crippen LogP contribution in [0.5, 0.6) is 5.75 Å². The van der Waals surface area contributed by atoms with E-state index < -0.39 is 5.97 Å². The van der Waals surface area contributed by atoms with E-state index in [1.807, 2.05) is 31.2 Å². The molecular weight excluding hydrogens is 388 g/mol. The van der Waals surface area contributed by atoms with Crippen molar-refractivity contribution >= 4 is 23.4 Å². The summed E-state index contributed by atoms with van der Waals surface area (Å²) < 4.78 is 10.5. The van der Waals surface area contributed by atoms with E-state index >= 15 is 0 Å². The van der Waals surface area contributed by atoms with Crippen LogP contribution in [0.15, 0.2) is 60.7 Å². The van der Waals surface area contributed by atoms with Gasteiger partial charge in [0.15, 0.2) is 19.0 Å². The number of hydrogen-bond acceptors (Lipinski definition) is 4. The van der Waals surface area contributed by atoms with Crippen molar-refractivity contribution in [2.24, 2.45) is 0 Å². The van der Waals surface area contributed by atoms with E-state index in [1.54, 1.807) is 24.3 Å². The highest BCUT2D eigenvalue weighted by molar-refractivity contribution is 6.30. The molecule has 0 bridgehead atoms. The summed E-state index contributed by atoms with van der Waals surface area (Å²) >= 11 is 5.90. The topological polar surface area (TPSA) is 52.6 Å². The Kier molecular flexibility index (Phi) is 5.36. The van der Waals surface area contributed by atoms with Crippen LogP contribution < -0.4 is 4.74 Å². The van der Waals surface area contributed by atoms with Crippen molar-refractivity contribution in [3.05, 3.63) is 87.9 Å². The highest BCUT2D eigenvalue weighted by atomic mass is 35.5. The normalized spacial score (nSPS) is 11.5. The Morgan fingerprint density at radius 2 is 1.72 bits per heavy atom. The van der Waals surface area contributed by atoms with Crippen molar-refractivity contribution in [2.75, 3.05) is 13.2 Å². The average molecular weight is 407 g/mol. The molecule has 0 amide bonds. The number of aryl methyl sites for hydroxylation is 1. The van der Waals surface area contributed by atoms with Gasteiger partial charge >= 0.3 is 5.97 Å². The lowest BCUT2D eigenvalue weighted by Crippen LogP contribution is -2.19. The van der Waals surface area contributed by atoms with Gasteiger partial charge in [-0.2, -0.15) is 0 Å². The van der Waals surface area contributed by atoms with E-state index in [9.17, 15) is 9.59 Å². The van der Waals surface area contributed by atoms with Crippen LogP contribution in [0, 0.1) is 6.92 Å². The Balaban J connectivity index is 1.35. The van der Waals surface area contributed by atoms with E-state index in [0.29, 0.717) is 16.3 Å². The monoisotopic (exact) mass is 406 g/mol. The number of fused-ring (bicyclic) bond motifs is 3. The molecular formula is C24H19ClO4. The van der Waals surface area contributed by atoms with Gasteiger partial charge in [-0.3, -0.25) is 4.79 Å². The first-order chi connectivity index (χ1) is 14.0. The molecule has 4 nitrogen and oxygen atoms in total. The van der Waals surface area contributed by atoms with Gasteiger partial charge in [-0.25, -0.2) is 4.79 Å². The molecule has 5 heteroatoms. The number of rotatable bonds is 6. The van der Waals surface area contributed by atoms with Crippen LogP contribution in [0.1, 0.15) is 27.0 Å². The lowest BCUT2D eigenvalue weighted by atomic mass is 10.0. The van der Waals surface area contributed by atoms with Crippen molar-refractivity contribution in [1.29, 1.82) is 0 Å². The largest absolute Gasteiger partial charge is 0.482 e. The van der Waals surface area contributed by atoms with Crippen molar-refractivity contribution in [3.63, 3.8) is 0 Å². The molecule has 3 aromatic rings. The van der Waals surface area contributed by atoms with Crippen molar-refractivity contribution in [3.8, 4) is 16.9 Å². The smallest absolute Gasteiger partial charge is 0.344 e. The molecule has 0 aromatic heterocycles. The molecule has 1 aliphatic rings. The molecule has 0 heterocycles. The molecule has 0 N–H and O–H groups in total. The standard InChI is InChI=1S/C24H19ClO4/c1-15-10-19(25)8-9-23(15)28-14-24(27)29-13-22(26)18-7-6-17-11-16-4-2-3-5-20(16)21(17)12-18/h2-10,12H,11,13-14H2,1H3. The van der Waals surface area contributed by atoms with Crippen LogP contribution in [0.4, 0.5) is 0 Å². The number of carbonyl (C=O) groups excluding carboxylic acids is 2. The quantitative estimate of drug-likeness (QED) is 0.333. The summed E-state index contributed by atoms with van der Waals surface area (Å²) in [7, 11) is 0. The third-order valence-electron chi connectivity index (χ3n) is 4.97. The molecule has 4 rings (SSSR count). The number of ketones is 1. The van der Waals surface area contributed by atoms with E-state index in [1.165, 1.54) is 11.1 Å². The summed E-state index contributed by atoms with van der Waals surface area (Å²) in [4.78, 5) is 24.4. The number of halogens is 1. The first-order valence-electron chi connectivity index (χ1n) is 9.30. The van der Waals surface area contributed by atoms with Crippen molar-refractivity contribution in [1.82, 2.24) is 0 Å². The van der Waals surface area contributed by atoms with Gasteiger partial charge in [0.1, 0.15) is 5.75 Å². The van der Waals surface area contributed by atoms with E-state index in [0.717, 1.165) is 23.1 Å². The van der Waals surface area contributed by atoms with Gasteiger partial charge in [0.05, 0.1) is 0 Å². The zero-order valence-electron chi connectivity index (χ0n) is 15.9. The molecule has 0 spiro atoms. The number of hydrogen-bond donors (Lipinski definition) is 0. The minimum Gasteiger partial charge on any atom is -0.482 e. The molecule has 0 radical (unpaired) electrons. The van der Waals surface area contributed by atoms with Gasteiger partial charge < -0.3 is 9.47 Å². The highest BCUT2D eigenvalue weighted by Gasteiger charge is 2.20. The zero-order chi connectivity index (χ0) is 20.4. The maximum atomic E-state index is 12.5. The van der Waals surface area contributed by atoms with Crippen LogP contribution in [0.2, 0.25) is 5.02 Å². The summed E-state index contributed by atoms with van der Waals surface area (Å²) in [6, 6.07) is 18.9. The minimum absolute atomic E-state index is 0.242. The molecule has 0 saturated heterocycles. The molecule has 0 atom stereocenters. The van der Waals surface area contributed by atoms with Crippen molar-refractivity contribution in [2.45, 2.75) is 13.3 Å². The second-order valence-corrected chi connectivity index (χ2v) is 7.42. The zero-order valence-corrected chi connectivity index (χ0v) is 16.7. The Hall–Kier alpha value is -3.11. The number of ether oxygens (including phenoxy) is 2. The van der Waals surface area contributed by atoms with E-state index in [2.05, 4.69) is 12.1 Å². The molecule has 1 aliphatic carbocycles. The molecule has 0 unspecified atom stereocenters. The Morgan fingerprint density at radius 1 is 0.931 bits per heavy atom. The predicted octanol–water partition coefficient (Wildman–Crippen LogP) is 5.02. The minimum atomic E-state index is -0.598. The average Bonchev–Trinajstić information content (AvgIpc) is 3.09. The molecule has 3 aromatic carbocycles. The maximum Gasteiger partial charge on any atom is 0.344 e. The summed E-state index contributed by atoms with van der Waals surface area (Å²) in [6.07, 6.45) is 0.871. The van der Waals surface area contributed by atoms with Crippen molar-refractivity contribution < 1.29 is 19.1 Å². The van der Waals surface area contributed by atoms with Crippen LogP contribution in [-0.2, 0) is 16.0 Å². The lowest BCUT2D eigenvalue weighted by molar-refractivity contribution is -0.144. The first-order valence-corrected chi connectivity index (χ1v) is 9.68. The van der Waals surface area contributed by atoms with Crippen LogP contribution in [-0.4, -0.2) is 25.0 Å². The lowest BCUT2D eigenvalue weighted by Gasteiger charge is -2.09. The molecule has 146 valence electrons. The summed E-state index contributed by atoms with van der Waals surface area (Å²) in [6.45, 7) is 1.25. The molecule has 0 aliphatic heterocycles. The fraction of sp³-hybridized carbons (Fsp3) is 0.167. The maximum absolute atomic E-state index is 12.5. The summed E-state index contributed by atoms with van der Waals surface area (Å²) in [5, 5.41) is 0.597. The van der Waals surface area contributed by atoms with Gasteiger partial charge in [-0.15, -0.1) is 0 Å². The van der Waals surface area contributed by atoms with Gasteiger partial charge in [-0.05, 0) is 65.4 Å². The number of Topliss-reactive ketones (excluding diaryl/α,β-unsaturated/α-hetero) is 1. The van der Waals surface area contributed by atoms with Gasteiger partial charge in [0.2, 0.25) is 0 Å². The van der Waals surface area contributed by atoms with Gasteiger partial charge in [0.25, 0.3) is 0 Å². The highest BCUT2D eigenvalue weighted by Crippen LogP contribution is 2.36. The van der Waals surface area contributed by atoms with Crippen LogP contribution in [0.25, 0.3) is 11.1 Å².